The molecule has 0 bridgehead atoms. The Balaban J connectivity index is 1.36. The van der Waals surface area contributed by atoms with E-state index in [1.807, 2.05) is 0 Å². The van der Waals surface area contributed by atoms with Crippen LogP contribution in [0.2, 0.25) is 0 Å². The molecule has 0 atom stereocenters. The van der Waals surface area contributed by atoms with Crippen LogP contribution >= 0.6 is 0 Å². The number of halogens is 2. The first-order valence-corrected chi connectivity index (χ1v) is 12.6. The smallest absolute Gasteiger partial charge is 0.269 e. The van der Waals surface area contributed by atoms with Crippen molar-refractivity contribution in [3.63, 3.8) is 0 Å². The molecule has 0 radical (unpaired) electrons. The van der Waals surface area contributed by atoms with E-state index >= 15 is 0 Å². The van der Waals surface area contributed by atoms with E-state index in [0.717, 1.165) is 17.2 Å². The third-order valence-electron chi connectivity index (χ3n) is 6.56. The molecule has 0 aliphatic carbocycles. The molecule has 0 amide bonds. The number of nitro groups is 2. The molecule has 214 valence electrons. The zero-order valence-electron chi connectivity index (χ0n) is 21.9. The van der Waals surface area contributed by atoms with E-state index in [-0.39, 0.29) is 30.0 Å². The third kappa shape index (κ3) is 6.47. The minimum absolute atomic E-state index is 0.0291. The van der Waals surface area contributed by atoms with Gasteiger partial charge in [-0.15, -0.1) is 9.36 Å². The summed E-state index contributed by atoms with van der Waals surface area (Å²) in [6, 6.07) is 15.0. The van der Waals surface area contributed by atoms with E-state index < -0.39 is 27.1 Å². The van der Waals surface area contributed by atoms with Gasteiger partial charge in [-0.3, -0.25) is 20.2 Å². The predicted molar refractivity (Wildman–Crippen MR) is 139 cm³/mol. The summed E-state index contributed by atoms with van der Waals surface area (Å²) < 4.78 is 34.8. The number of rotatable bonds is 11. The number of nitro benzene ring substituents is 2. The lowest BCUT2D eigenvalue weighted by Gasteiger charge is -2.24. The van der Waals surface area contributed by atoms with Gasteiger partial charge in [0, 0.05) is 46.1 Å². The fourth-order valence-corrected chi connectivity index (χ4v) is 4.54. The first-order valence-electron chi connectivity index (χ1n) is 12.6. The molecule has 5 rings (SSSR count). The summed E-state index contributed by atoms with van der Waals surface area (Å²) in [5.74, 6) is -1.73. The van der Waals surface area contributed by atoms with Crippen LogP contribution in [0.25, 0.3) is 0 Å². The second-order valence-corrected chi connectivity index (χ2v) is 9.74. The minimum Gasteiger partial charge on any atom is -0.378 e. The van der Waals surface area contributed by atoms with Crippen molar-refractivity contribution in [3.8, 4) is 0 Å². The average molecular weight is 579 g/mol. The quantitative estimate of drug-likeness (QED) is 0.144. The maximum Gasteiger partial charge on any atom is 0.269 e. The van der Waals surface area contributed by atoms with E-state index in [4.69, 9.17) is 0 Å². The normalized spacial score (nSPS) is 11.5. The van der Waals surface area contributed by atoms with Crippen LogP contribution in [0.1, 0.15) is 16.7 Å². The molecular formula is C27H24F2N8O5+2. The lowest BCUT2D eigenvalue weighted by molar-refractivity contribution is -0.689. The molecule has 5 aromatic rings. The Morgan fingerprint density at radius 2 is 1.21 bits per heavy atom. The Hall–Kier alpha value is -5.44. The van der Waals surface area contributed by atoms with Gasteiger partial charge in [-0.1, -0.05) is 6.07 Å². The number of aliphatic hydroxyl groups is 1. The molecule has 0 spiro atoms. The second kappa shape index (κ2) is 11.6. The lowest BCUT2D eigenvalue weighted by atomic mass is 9.93. The van der Waals surface area contributed by atoms with E-state index in [0.29, 0.717) is 19.2 Å². The van der Waals surface area contributed by atoms with Crippen molar-refractivity contribution in [1.29, 1.82) is 0 Å². The summed E-state index contributed by atoms with van der Waals surface area (Å²) in [4.78, 5) is 20.8. The zero-order valence-corrected chi connectivity index (χ0v) is 21.9. The molecule has 3 aromatic carbocycles. The molecule has 0 aliphatic rings. The largest absolute Gasteiger partial charge is 0.378 e. The SMILES string of the molecule is O=[N+]([O-])c1ccc(C[n+]2cnn(CC(O)(Cn3c[n+](Cc4ccc([N+](=O)[O-])cc4)cn3)c3ccc(F)cc3F)c2)cc1. The summed E-state index contributed by atoms with van der Waals surface area (Å²) in [5.41, 5.74) is -0.569. The highest BCUT2D eigenvalue weighted by atomic mass is 19.1. The van der Waals surface area contributed by atoms with Crippen molar-refractivity contribution >= 4 is 11.4 Å². The maximum absolute atomic E-state index is 14.9. The van der Waals surface area contributed by atoms with Crippen molar-refractivity contribution < 1.29 is 32.9 Å². The molecule has 0 saturated heterocycles. The molecule has 15 heteroatoms. The number of hydrogen-bond donors (Lipinski definition) is 1. The van der Waals surface area contributed by atoms with Crippen LogP contribution in [0.3, 0.4) is 0 Å². The summed E-state index contributed by atoms with van der Waals surface area (Å²) in [5, 5.41) is 42.1. The monoisotopic (exact) mass is 578 g/mol. The molecule has 1 N–H and O–H groups in total. The van der Waals surface area contributed by atoms with Gasteiger partial charge in [0.05, 0.1) is 22.9 Å². The summed E-state index contributed by atoms with van der Waals surface area (Å²) in [7, 11) is 0. The average Bonchev–Trinajstić information content (AvgIpc) is 3.57. The van der Waals surface area contributed by atoms with Gasteiger partial charge in [0.15, 0.2) is 5.60 Å². The highest BCUT2D eigenvalue weighted by Crippen LogP contribution is 2.28. The van der Waals surface area contributed by atoms with Crippen LogP contribution in [0, 0.1) is 31.9 Å². The van der Waals surface area contributed by atoms with Crippen molar-refractivity contribution in [2.45, 2.75) is 31.8 Å². The van der Waals surface area contributed by atoms with Gasteiger partial charge in [0.25, 0.3) is 24.0 Å². The van der Waals surface area contributed by atoms with Gasteiger partial charge in [-0.25, -0.2) is 17.9 Å². The number of non-ortho nitro benzene ring substituents is 2. The molecule has 2 heterocycles. The van der Waals surface area contributed by atoms with Gasteiger partial charge >= 0.3 is 0 Å². The van der Waals surface area contributed by atoms with Crippen LogP contribution in [0.15, 0.2) is 92.0 Å². The van der Waals surface area contributed by atoms with Crippen molar-refractivity contribution in [3.05, 3.63) is 141 Å². The molecule has 13 nitrogen and oxygen atoms in total. The van der Waals surface area contributed by atoms with Crippen LogP contribution in [0.4, 0.5) is 20.2 Å². The fourth-order valence-electron chi connectivity index (χ4n) is 4.54. The first kappa shape index (κ1) is 28.1. The topological polar surface area (TPSA) is 150 Å². The first-order chi connectivity index (χ1) is 20.1. The van der Waals surface area contributed by atoms with Gasteiger partial charge in [-0.2, -0.15) is 0 Å². The standard InChI is InChI=1S/C27H24F2N8O5/c28-22-5-10-25(26(29)11-22)27(38,14-34-18-32(16-30-34)12-20-1-6-23(7-2-20)36(39)40)15-35-19-33(17-31-35)13-21-3-8-24(9-4-21)37(41)42/h1-11,16-19,38H,12-15H2/q+2. The fraction of sp³-hybridized carbons (Fsp3) is 0.185. The van der Waals surface area contributed by atoms with Gasteiger partial charge < -0.3 is 5.11 Å². The molecule has 0 saturated carbocycles. The highest BCUT2D eigenvalue weighted by molar-refractivity contribution is 5.33. The van der Waals surface area contributed by atoms with Crippen molar-refractivity contribution in [1.82, 2.24) is 19.6 Å². The molecule has 2 aromatic heterocycles. The summed E-state index contributed by atoms with van der Waals surface area (Å²) in [6.45, 7) is 0.238. The van der Waals surface area contributed by atoms with Crippen LogP contribution in [-0.2, 0) is 31.8 Å². The Bertz CT molecular complexity index is 1640. The maximum atomic E-state index is 14.9. The highest BCUT2D eigenvalue weighted by Gasteiger charge is 2.39. The molecule has 42 heavy (non-hydrogen) atoms. The Morgan fingerprint density at radius 3 is 1.62 bits per heavy atom. The summed E-state index contributed by atoms with van der Waals surface area (Å²) in [6.07, 6.45) is 6.17. The van der Waals surface area contributed by atoms with Gasteiger partial charge in [0.2, 0.25) is 12.7 Å². The second-order valence-electron chi connectivity index (χ2n) is 9.74. The third-order valence-corrected chi connectivity index (χ3v) is 6.56. The van der Waals surface area contributed by atoms with Crippen LogP contribution < -0.4 is 9.13 Å². The van der Waals surface area contributed by atoms with E-state index in [1.54, 1.807) is 46.1 Å². The minimum atomic E-state index is -1.91. The number of aromatic nitrogens is 6. The van der Waals surface area contributed by atoms with Gasteiger partial charge in [-0.05, 0) is 41.5 Å². The molecule has 0 aliphatic heterocycles. The van der Waals surface area contributed by atoms with E-state index in [2.05, 4.69) is 10.2 Å². The van der Waals surface area contributed by atoms with Crippen molar-refractivity contribution in [2.24, 2.45) is 0 Å². The predicted octanol–water partition coefficient (Wildman–Crippen LogP) is 2.43. The number of hydrogen-bond acceptors (Lipinski definition) is 7. The Labute approximate surface area is 236 Å². The van der Waals surface area contributed by atoms with Crippen LogP contribution in [0.5, 0.6) is 0 Å². The molecule has 0 fully saturated rings. The van der Waals surface area contributed by atoms with Crippen LogP contribution in [-0.4, -0.2) is 34.5 Å². The summed E-state index contributed by atoms with van der Waals surface area (Å²) >= 11 is 0. The van der Waals surface area contributed by atoms with E-state index in [9.17, 15) is 34.1 Å². The zero-order chi connectivity index (χ0) is 29.9. The number of nitrogens with zero attached hydrogens (tertiary/aromatic N) is 8. The Kier molecular flexibility index (Phi) is 7.75. The van der Waals surface area contributed by atoms with Crippen molar-refractivity contribution in [2.75, 3.05) is 0 Å². The Morgan fingerprint density at radius 1 is 0.762 bits per heavy atom. The van der Waals surface area contributed by atoms with Gasteiger partial charge in [0.1, 0.15) is 24.7 Å². The molecular weight excluding hydrogens is 554 g/mol. The lowest BCUT2D eigenvalue weighted by Crippen LogP contribution is -2.39. The number of benzene rings is 3. The van der Waals surface area contributed by atoms with E-state index in [1.165, 1.54) is 52.4 Å². The molecule has 0 unspecified atom stereocenters.